The van der Waals surface area contributed by atoms with Gasteiger partial charge in [0.05, 0.1) is 5.92 Å². The van der Waals surface area contributed by atoms with Crippen LogP contribution in [0.5, 0.6) is 0 Å². The number of likely N-dealkylation sites (tertiary alicyclic amines) is 1. The van der Waals surface area contributed by atoms with Gasteiger partial charge < -0.3 is 10.6 Å². The van der Waals surface area contributed by atoms with Gasteiger partial charge in [-0.3, -0.25) is 14.5 Å². The number of rotatable bonds is 7. The topological polar surface area (TPSA) is 61.4 Å². The van der Waals surface area contributed by atoms with Crippen molar-refractivity contribution >= 4 is 11.8 Å². The number of hydrogen-bond donors (Lipinski definition) is 2. The molecule has 0 bridgehead atoms. The molecule has 2 rings (SSSR count). The second kappa shape index (κ2) is 9.56. The van der Waals surface area contributed by atoms with Crippen molar-refractivity contribution in [1.29, 1.82) is 0 Å². The van der Waals surface area contributed by atoms with Crippen LogP contribution in [0, 0.1) is 5.92 Å². The Kier molecular flexibility index (Phi) is 7.44. The highest BCUT2D eigenvalue weighted by Crippen LogP contribution is 2.19. The Hall–Kier alpha value is -1.88. The monoisotopic (exact) mass is 345 g/mol. The zero-order valence-electron chi connectivity index (χ0n) is 15.6. The molecule has 0 aromatic heterocycles. The van der Waals surface area contributed by atoms with E-state index in [9.17, 15) is 9.59 Å². The van der Waals surface area contributed by atoms with Gasteiger partial charge in [0.2, 0.25) is 11.8 Å². The molecule has 5 nitrogen and oxygen atoms in total. The van der Waals surface area contributed by atoms with E-state index < -0.39 is 6.04 Å². The fourth-order valence-corrected chi connectivity index (χ4v) is 3.12. The lowest BCUT2D eigenvalue weighted by atomic mass is 9.96. The van der Waals surface area contributed by atoms with E-state index in [1.54, 1.807) is 6.92 Å². The normalized spacial score (nSPS) is 20.5. The summed E-state index contributed by atoms with van der Waals surface area (Å²) in [7, 11) is 0. The maximum atomic E-state index is 12.5. The molecule has 1 aliphatic heterocycles. The van der Waals surface area contributed by atoms with Crippen molar-refractivity contribution < 1.29 is 9.59 Å². The number of amides is 2. The van der Waals surface area contributed by atoms with Gasteiger partial charge in [0.1, 0.15) is 6.04 Å². The van der Waals surface area contributed by atoms with Crippen molar-refractivity contribution in [1.82, 2.24) is 15.5 Å². The molecule has 3 unspecified atom stereocenters. The summed E-state index contributed by atoms with van der Waals surface area (Å²) in [5, 5.41) is 5.80. The summed E-state index contributed by atoms with van der Waals surface area (Å²) in [5.41, 5.74) is 1.27. The first-order chi connectivity index (χ1) is 12.0. The molecule has 0 saturated carbocycles. The minimum Gasteiger partial charge on any atom is -0.352 e. The van der Waals surface area contributed by atoms with Crippen LogP contribution in [-0.4, -0.2) is 41.9 Å². The molecule has 1 saturated heterocycles. The third kappa shape index (κ3) is 6.16. The van der Waals surface area contributed by atoms with Crippen molar-refractivity contribution in [3.8, 4) is 0 Å². The lowest BCUT2D eigenvalue weighted by Gasteiger charge is -2.32. The van der Waals surface area contributed by atoms with Crippen molar-refractivity contribution in [3.63, 3.8) is 0 Å². The standard InChI is InChI=1S/C20H31N3O2/c1-4-15(2)21-19(24)16(3)22-20(25)18-11-8-12-23(14-18)13-17-9-6-5-7-10-17/h5-7,9-10,15-16,18H,4,8,11-14H2,1-3H3,(H,21,24)(H,22,25). The van der Waals surface area contributed by atoms with Crippen molar-refractivity contribution in [3.05, 3.63) is 35.9 Å². The molecule has 0 radical (unpaired) electrons. The molecule has 2 N–H and O–H groups in total. The third-order valence-corrected chi connectivity index (χ3v) is 4.88. The van der Waals surface area contributed by atoms with Gasteiger partial charge in [-0.2, -0.15) is 0 Å². The van der Waals surface area contributed by atoms with Gasteiger partial charge >= 0.3 is 0 Å². The number of benzene rings is 1. The number of piperidine rings is 1. The zero-order valence-corrected chi connectivity index (χ0v) is 15.6. The molecule has 1 aliphatic rings. The van der Waals surface area contributed by atoms with E-state index >= 15 is 0 Å². The van der Waals surface area contributed by atoms with Gasteiger partial charge in [0, 0.05) is 19.1 Å². The van der Waals surface area contributed by atoms with Crippen molar-refractivity contribution in [2.24, 2.45) is 5.92 Å². The quantitative estimate of drug-likeness (QED) is 0.797. The van der Waals surface area contributed by atoms with Crippen LogP contribution in [0.1, 0.15) is 45.6 Å². The molecule has 0 aliphatic carbocycles. The summed E-state index contributed by atoms with van der Waals surface area (Å²) in [6, 6.07) is 9.97. The maximum absolute atomic E-state index is 12.5. The van der Waals surface area contributed by atoms with Crippen LogP contribution in [0.3, 0.4) is 0 Å². The van der Waals surface area contributed by atoms with Crippen LogP contribution in [0.4, 0.5) is 0 Å². The summed E-state index contributed by atoms with van der Waals surface area (Å²) >= 11 is 0. The molecular weight excluding hydrogens is 314 g/mol. The zero-order chi connectivity index (χ0) is 18.2. The Morgan fingerprint density at radius 2 is 1.92 bits per heavy atom. The lowest BCUT2D eigenvalue weighted by Crippen LogP contribution is -2.51. The highest BCUT2D eigenvalue weighted by Gasteiger charge is 2.28. The SMILES string of the molecule is CCC(C)NC(=O)C(C)NC(=O)C1CCCN(Cc2ccccc2)C1. The van der Waals surface area contributed by atoms with Gasteiger partial charge in [0.25, 0.3) is 0 Å². The lowest BCUT2D eigenvalue weighted by molar-refractivity contribution is -0.132. The first kappa shape index (κ1) is 19.4. The van der Waals surface area contributed by atoms with Gasteiger partial charge in [-0.25, -0.2) is 0 Å². The first-order valence-electron chi connectivity index (χ1n) is 9.36. The molecule has 2 amide bonds. The molecule has 1 heterocycles. The Labute approximate surface area is 151 Å². The van der Waals surface area contributed by atoms with E-state index in [1.807, 2.05) is 32.0 Å². The summed E-state index contributed by atoms with van der Waals surface area (Å²) in [4.78, 5) is 27.0. The fourth-order valence-electron chi connectivity index (χ4n) is 3.12. The van der Waals surface area contributed by atoms with Crippen LogP contribution < -0.4 is 10.6 Å². The molecule has 5 heteroatoms. The molecule has 1 fully saturated rings. The Morgan fingerprint density at radius 3 is 2.60 bits per heavy atom. The predicted molar refractivity (Wildman–Crippen MR) is 99.9 cm³/mol. The minimum absolute atomic E-state index is 0.00966. The van der Waals surface area contributed by atoms with Gasteiger partial charge in [-0.15, -0.1) is 0 Å². The van der Waals surface area contributed by atoms with E-state index in [1.165, 1.54) is 5.56 Å². The van der Waals surface area contributed by atoms with Crippen LogP contribution in [0.25, 0.3) is 0 Å². The average molecular weight is 345 g/mol. The van der Waals surface area contributed by atoms with Crippen LogP contribution >= 0.6 is 0 Å². The molecule has 25 heavy (non-hydrogen) atoms. The summed E-state index contributed by atoms with van der Waals surface area (Å²) in [5.74, 6) is -0.166. The number of carbonyl (C=O) groups excluding carboxylic acids is 2. The van der Waals surface area contributed by atoms with Crippen molar-refractivity contribution in [2.75, 3.05) is 13.1 Å². The van der Waals surface area contributed by atoms with E-state index in [0.717, 1.165) is 38.9 Å². The smallest absolute Gasteiger partial charge is 0.242 e. The summed E-state index contributed by atoms with van der Waals surface area (Å²) < 4.78 is 0. The largest absolute Gasteiger partial charge is 0.352 e. The molecule has 0 spiro atoms. The van der Waals surface area contributed by atoms with E-state index in [0.29, 0.717) is 0 Å². The van der Waals surface area contributed by atoms with Crippen molar-refractivity contribution in [2.45, 2.75) is 58.7 Å². The number of nitrogens with zero attached hydrogens (tertiary/aromatic N) is 1. The first-order valence-corrected chi connectivity index (χ1v) is 9.36. The molecule has 3 atom stereocenters. The number of nitrogens with one attached hydrogen (secondary N) is 2. The number of hydrogen-bond acceptors (Lipinski definition) is 3. The van der Waals surface area contributed by atoms with Gasteiger partial charge in [-0.1, -0.05) is 37.3 Å². The Bertz CT molecular complexity index is 561. The second-order valence-electron chi connectivity index (χ2n) is 7.11. The van der Waals surface area contributed by atoms with Crippen LogP contribution in [0.15, 0.2) is 30.3 Å². The fraction of sp³-hybridized carbons (Fsp3) is 0.600. The van der Waals surface area contributed by atoms with E-state index in [-0.39, 0.29) is 23.8 Å². The van der Waals surface area contributed by atoms with E-state index in [2.05, 4.69) is 27.7 Å². The van der Waals surface area contributed by atoms with E-state index in [4.69, 9.17) is 0 Å². The van der Waals surface area contributed by atoms with Crippen LogP contribution in [0.2, 0.25) is 0 Å². The molecular formula is C20H31N3O2. The molecule has 1 aromatic carbocycles. The Morgan fingerprint density at radius 1 is 1.20 bits per heavy atom. The summed E-state index contributed by atoms with van der Waals surface area (Å²) in [6.45, 7) is 8.38. The Balaban J connectivity index is 1.83. The van der Waals surface area contributed by atoms with Crippen LogP contribution in [-0.2, 0) is 16.1 Å². The predicted octanol–water partition coefficient (Wildman–Crippen LogP) is 2.32. The highest BCUT2D eigenvalue weighted by atomic mass is 16.2. The number of carbonyl (C=O) groups is 2. The average Bonchev–Trinajstić information content (AvgIpc) is 2.62. The highest BCUT2D eigenvalue weighted by molar-refractivity contribution is 5.88. The van der Waals surface area contributed by atoms with Gasteiger partial charge in [-0.05, 0) is 45.2 Å². The minimum atomic E-state index is -0.494. The second-order valence-corrected chi connectivity index (χ2v) is 7.11. The molecule has 1 aromatic rings. The maximum Gasteiger partial charge on any atom is 0.242 e. The van der Waals surface area contributed by atoms with Gasteiger partial charge in [0.15, 0.2) is 0 Å². The summed E-state index contributed by atoms with van der Waals surface area (Å²) in [6.07, 6.45) is 2.78. The molecule has 138 valence electrons. The third-order valence-electron chi connectivity index (χ3n) is 4.88.